The second-order valence-electron chi connectivity index (χ2n) is 3.75. The summed E-state index contributed by atoms with van der Waals surface area (Å²) in [6.45, 7) is 0. The lowest BCUT2D eigenvalue weighted by atomic mass is 10.0. The second-order valence-corrected chi connectivity index (χ2v) is 4.12. The van der Waals surface area contributed by atoms with E-state index in [4.69, 9.17) is 16.9 Å². The van der Waals surface area contributed by atoms with Gasteiger partial charge in [-0.3, -0.25) is 0 Å². The van der Waals surface area contributed by atoms with E-state index in [0.29, 0.717) is 12.1 Å². The molecule has 0 atom stereocenters. The molecule has 1 aromatic carbocycles. The molecule has 0 bridgehead atoms. The first-order valence-corrected chi connectivity index (χ1v) is 5.52. The van der Waals surface area contributed by atoms with Crippen LogP contribution in [0.15, 0.2) is 23.2 Å². The first-order chi connectivity index (χ1) is 9.50. The van der Waals surface area contributed by atoms with E-state index >= 15 is 0 Å². The highest BCUT2D eigenvalue weighted by molar-refractivity contribution is 6.34. The van der Waals surface area contributed by atoms with Gasteiger partial charge in [0.1, 0.15) is 16.9 Å². The summed E-state index contributed by atoms with van der Waals surface area (Å²) in [5.41, 5.74) is -3.00. The molecule has 1 aromatic rings. The Kier molecular flexibility index (Phi) is 4.79. The van der Waals surface area contributed by atoms with Gasteiger partial charge in [0.25, 0.3) is 0 Å². The summed E-state index contributed by atoms with van der Waals surface area (Å²) in [6, 6.07) is 3.02. The van der Waals surface area contributed by atoms with Gasteiger partial charge in [0, 0.05) is 0 Å². The Morgan fingerprint density at radius 3 is 2.10 bits per heavy atom. The summed E-state index contributed by atoms with van der Waals surface area (Å²) < 4.78 is 80.1. The average molecular weight is 330 g/mol. The van der Waals surface area contributed by atoms with Crippen molar-refractivity contribution in [2.45, 2.75) is 12.4 Å². The quantitative estimate of drug-likeness (QED) is 0.579. The molecule has 0 unspecified atom stereocenters. The molecule has 0 N–H and O–H groups in total. The van der Waals surface area contributed by atoms with Gasteiger partial charge >= 0.3 is 12.4 Å². The Bertz CT molecular complexity index is 612. The van der Waals surface area contributed by atoms with Crippen molar-refractivity contribution in [3.63, 3.8) is 0 Å². The number of hydrogen-bond acceptors (Lipinski definition) is 2. The Hall–Kier alpha value is -1.88. The van der Waals surface area contributed by atoms with Gasteiger partial charge in [-0.15, -0.1) is 0 Å². The number of methoxy groups -OCH3 is 1. The zero-order valence-corrected chi connectivity index (χ0v) is 11.0. The normalized spacial score (nSPS) is 13.5. The third-order valence-corrected chi connectivity index (χ3v) is 2.74. The van der Waals surface area contributed by atoms with Crippen molar-refractivity contribution >= 4 is 17.2 Å². The molecule has 0 fully saturated rings. The molecule has 0 heterocycles. The smallest absolute Gasteiger partial charge is 0.428 e. The van der Waals surface area contributed by atoms with Gasteiger partial charge in [-0.25, -0.2) is 0 Å². The first kappa shape index (κ1) is 17.2. The number of ether oxygens (including phenoxy) is 1. The van der Waals surface area contributed by atoms with Crippen LogP contribution in [0.1, 0.15) is 11.1 Å². The molecular formula is C12H6ClF6NO. The van der Waals surface area contributed by atoms with Gasteiger partial charge in [-0.05, 0) is 23.8 Å². The third kappa shape index (κ3) is 4.04. The maximum atomic E-state index is 12.7. The van der Waals surface area contributed by atoms with Crippen molar-refractivity contribution in [2.75, 3.05) is 7.11 Å². The molecular weight excluding hydrogens is 324 g/mol. The molecule has 0 aliphatic heterocycles. The molecule has 2 nitrogen and oxygen atoms in total. The summed E-state index contributed by atoms with van der Waals surface area (Å²) in [5, 5.41) is 6.96. The van der Waals surface area contributed by atoms with Gasteiger partial charge < -0.3 is 4.74 Å². The Morgan fingerprint density at radius 2 is 1.71 bits per heavy atom. The molecule has 0 radical (unpaired) electrons. The molecule has 0 spiro atoms. The largest absolute Gasteiger partial charge is 0.497 e. The van der Waals surface area contributed by atoms with E-state index in [9.17, 15) is 26.3 Å². The van der Waals surface area contributed by atoms with E-state index < -0.39 is 34.1 Å². The van der Waals surface area contributed by atoms with Gasteiger partial charge in [-0.2, -0.15) is 31.6 Å². The fourth-order valence-electron chi connectivity index (χ4n) is 1.41. The van der Waals surface area contributed by atoms with E-state index in [0.717, 1.165) is 19.2 Å². The van der Waals surface area contributed by atoms with Crippen LogP contribution in [-0.2, 0) is 6.18 Å². The summed E-state index contributed by atoms with van der Waals surface area (Å²) in [6.07, 6.45) is -9.86. The van der Waals surface area contributed by atoms with E-state index in [1.807, 2.05) is 0 Å². The van der Waals surface area contributed by atoms with Crippen LogP contribution in [0, 0.1) is 11.3 Å². The highest BCUT2D eigenvalue weighted by Gasteiger charge is 2.37. The lowest BCUT2D eigenvalue weighted by molar-refractivity contribution is -0.137. The minimum atomic E-state index is -5.05. The van der Waals surface area contributed by atoms with Crippen LogP contribution in [0.3, 0.4) is 0 Å². The highest BCUT2D eigenvalue weighted by atomic mass is 35.5. The monoisotopic (exact) mass is 329 g/mol. The van der Waals surface area contributed by atoms with E-state index in [-0.39, 0.29) is 5.75 Å². The molecule has 0 aliphatic carbocycles. The molecule has 21 heavy (non-hydrogen) atoms. The molecule has 0 aliphatic rings. The summed E-state index contributed by atoms with van der Waals surface area (Å²) in [4.78, 5) is 0. The standard InChI is InChI=1S/C12H6ClF6NO/c1-21-8-3-6(2-7(4-8)11(14,15)16)9(5-20)10(13)12(17,18)19/h2-4H,1H3/b10-9+. The van der Waals surface area contributed by atoms with E-state index in [1.54, 1.807) is 0 Å². The number of allylic oxidation sites excluding steroid dienone is 2. The second kappa shape index (κ2) is 5.85. The minimum Gasteiger partial charge on any atom is -0.497 e. The molecule has 1 rings (SSSR count). The van der Waals surface area contributed by atoms with Crippen LogP contribution in [0.25, 0.3) is 5.57 Å². The Morgan fingerprint density at radius 1 is 1.14 bits per heavy atom. The van der Waals surface area contributed by atoms with Gasteiger partial charge in [0.05, 0.1) is 18.2 Å². The number of nitriles is 1. The fourth-order valence-corrected chi connectivity index (χ4v) is 1.56. The van der Waals surface area contributed by atoms with Crippen molar-refractivity contribution < 1.29 is 31.1 Å². The fraction of sp³-hybridized carbons (Fsp3) is 0.250. The zero-order valence-electron chi connectivity index (χ0n) is 10.2. The summed E-state index contributed by atoms with van der Waals surface area (Å²) >= 11 is 5.03. The minimum absolute atomic E-state index is 0.348. The van der Waals surface area contributed by atoms with E-state index in [1.165, 1.54) is 0 Å². The van der Waals surface area contributed by atoms with Gasteiger partial charge in [0.15, 0.2) is 0 Å². The molecule has 114 valence electrons. The van der Waals surface area contributed by atoms with Crippen molar-refractivity contribution in [3.05, 3.63) is 34.4 Å². The number of alkyl halides is 6. The van der Waals surface area contributed by atoms with Crippen LogP contribution >= 0.6 is 11.6 Å². The molecule has 0 amide bonds. The maximum absolute atomic E-state index is 12.7. The van der Waals surface area contributed by atoms with Crippen LogP contribution < -0.4 is 4.74 Å². The zero-order chi connectivity index (χ0) is 16.4. The van der Waals surface area contributed by atoms with Crippen molar-refractivity contribution in [1.29, 1.82) is 5.26 Å². The van der Waals surface area contributed by atoms with Gasteiger partial charge in [0.2, 0.25) is 0 Å². The number of halogens is 7. The predicted molar refractivity (Wildman–Crippen MR) is 62.4 cm³/mol. The first-order valence-electron chi connectivity index (χ1n) is 5.14. The third-order valence-electron chi connectivity index (χ3n) is 2.34. The molecule has 0 aromatic heterocycles. The topological polar surface area (TPSA) is 33.0 Å². The SMILES string of the molecule is COc1cc(/C(C#N)=C(/Cl)C(F)(F)F)cc(C(F)(F)F)c1. The van der Waals surface area contributed by atoms with Crippen LogP contribution in [-0.4, -0.2) is 13.3 Å². The maximum Gasteiger partial charge on any atom is 0.428 e. The summed E-state index contributed by atoms with van der Waals surface area (Å²) in [7, 11) is 1.04. The number of nitrogens with zero attached hydrogens (tertiary/aromatic N) is 1. The van der Waals surface area contributed by atoms with Crippen molar-refractivity contribution in [3.8, 4) is 11.8 Å². The molecule has 9 heteroatoms. The number of rotatable bonds is 2. The molecule has 0 saturated carbocycles. The lowest BCUT2D eigenvalue weighted by Gasteiger charge is -2.13. The molecule has 0 saturated heterocycles. The Labute approximate surface area is 120 Å². The lowest BCUT2D eigenvalue weighted by Crippen LogP contribution is -2.10. The van der Waals surface area contributed by atoms with Gasteiger partial charge in [-0.1, -0.05) is 11.6 Å². The average Bonchev–Trinajstić information content (AvgIpc) is 2.37. The highest BCUT2D eigenvalue weighted by Crippen LogP contribution is 2.38. The van der Waals surface area contributed by atoms with Crippen LogP contribution in [0.4, 0.5) is 26.3 Å². The van der Waals surface area contributed by atoms with Crippen molar-refractivity contribution in [1.82, 2.24) is 0 Å². The summed E-state index contributed by atoms with van der Waals surface area (Å²) in [5.74, 6) is -0.348. The number of benzene rings is 1. The number of hydrogen-bond donors (Lipinski definition) is 0. The van der Waals surface area contributed by atoms with E-state index in [2.05, 4.69) is 4.74 Å². The van der Waals surface area contributed by atoms with Crippen LogP contribution in [0.5, 0.6) is 5.75 Å². The predicted octanol–water partition coefficient (Wildman–Crippen LogP) is 4.75. The van der Waals surface area contributed by atoms with Crippen LogP contribution in [0.2, 0.25) is 0 Å². The van der Waals surface area contributed by atoms with Crippen molar-refractivity contribution in [2.24, 2.45) is 0 Å². The Balaban J connectivity index is 3.60.